The molecule has 27 heavy (non-hydrogen) atoms. The van der Waals surface area contributed by atoms with Crippen molar-refractivity contribution in [2.24, 2.45) is 5.92 Å². The van der Waals surface area contributed by atoms with Crippen molar-refractivity contribution in [1.29, 1.82) is 0 Å². The number of rotatable bonds is 8. The lowest BCUT2D eigenvalue weighted by molar-refractivity contribution is -0.117. The maximum absolute atomic E-state index is 12.0. The Bertz CT molecular complexity index is 817. The summed E-state index contributed by atoms with van der Waals surface area (Å²) in [6.45, 7) is 6.15. The van der Waals surface area contributed by atoms with Crippen molar-refractivity contribution in [3.63, 3.8) is 0 Å². The molecule has 0 aliphatic heterocycles. The minimum atomic E-state index is -0.0768. The molecule has 0 saturated heterocycles. The fourth-order valence-corrected chi connectivity index (χ4v) is 2.92. The molecule has 1 saturated carbocycles. The molecule has 1 heterocycles. The summed E-state index contributed by atoms with van der Waals surface area (Å²) in [5.74, 6) is 2.54. The molecule has 0 spiro atoms. The third kappa shape index (κ3) is 4.90. The van der Waals surface area contributed by atoms with Gasteiger partial charge in [-0.1, -0.05) is 11.2 Å². The van der Waals surface area contributed by atoms with E-state index in [9.17, 15) is 4.79 Å². The fraction of sp³-hybridized carbons (Fsp3) is 0.429. The van der Waals surface area contributed by atoms with E-state index >= 15 is 0 Å². The van der Waals surface area contributed by atoms with Gasteiger partial charge in [-0.05, 0) is 63.3 Å². The molecule has 0 unspecified atom stereocenters. The van der Waals surface area contributed by atoms with Crippen LogP contribution >= 0.6 is 0 Å². The molecule has 1 aromatic carbocycles. The quantitative estimate of drug-likeness (QED) is 0.716. The highest BCUT2D eigenvalue weighted by Crippen LogP contribution is 2.32. The number of nitrogens with one attached hydrogen (secondary N) is 1. The van der Waals surface area contributed by atoms with Crippen LogP contribution in [0.4, 0.5) is 0 Å². The maximum atomic E-state index is 12.0. The number of carbonyl (C=O) groups excluding carboxylic acids is 1. The predicted octanol–water partition coefficient (Wildman–Crippen LogP) is 3.81. The molecule has 1 amide bonds. The normalized spacial score (nSPS) is 15.0. The van der Waals surface area contributed by atoms with Crippen molar-refractivity contribution in [3.8, 4) is 11.5 Å². The Kier molecular flexibility index (Phi) is 5.84. The maximum Gasteiger partial charge on any atom is 0.244 e. The Balaban J connectivity index is 1.63. The number of amides is 1. The molecule has 1 aliphatic carbocycles. The summed E-state index contributed by atoms with van der Waals surface area (Å²) >= 11 is 0. The highest BCUT2D eigenvalue weighted by molar-refractivity contribution is 5.92. The van der Waals surface area contributed by atoms with Gasteiger partial charge in [0.05, 0.1) is 18.4 Å². The second-order valence-electron chi connectivity index (χ2n) is 6.97. The van der Waals surface area contributed by atoms with Crippen molar-refractivity contribution in [1.82, 2.24) is 10.5 Å². The number of hydrogen-bond donors (Lipinski definition) is 1. The van der Waals surface area contributed by atoms with E-state index in [0.29, 0.717) is 24.0 Å². The van der Waals surface area contributed by atoms with Gasteiger partial charge in [-0.15, -0.1) is 0 Å². The van der Waals surface area contributed by atoms with Crippen LogP contribution in [0.2, 0.25) is 0 Å². The predicted molar refractivity (Wildman–Crippen MR) is 103 cm³/mol. The molecule has 6 nitrogen and oxygen atoms in total. The molecule has 1 atom stereocenters. The van der Waals surface area contributed by atoms with Gasteiger partial charge in [0.2, 0.25) is 5.91 Å². The van der Waals surface area contributed by atoms with Gasteiger partial charge < -0.3 is 19.3 Å². The van der Waals surface area contributed by atoms with Gasteiger partial charge >= 0.3 is 0 Å². The molecule has 0 bridgehead atoms. The van der Waals surface area contributed by atoms with Crippen molar-refractivity contribution < 1.29 is 18.8 Å². The van der Waals surface area contributed by atoms with E-state index in [1.54, 1.807) is 19.3 Å². The summed E-state index contributed by atoms with van der Waals surface area (Å²) < 4.78 is 16.5. The molecule has 3 rings (SSSR count). The van der Waals surface area contributed by atoms with Crippen LogP contribution in [0.3, 0.4) is 0 Å². The number of aryl methyl sites for hydroxylation is 2. The van der Waals surface area contributed by atoms with Crippen LogP contribution in [0.15, 0.2) is 28.8 Å². The minimum Gasteiger partial charge on any atom is -0.493 e. The van der Waals surface area contributed by atoms with Crippen LogP contribution in [0.5, 0.6) is 11.5 Å². The van der Waals surface area contributed by atoms with Crippen LogP contribution in [0.25, 0.3) is 6.08 Å². The summed E-state index contributed by atoms with van der Waals surface area (Å²) in [4.78, 5) is 12.0. The van der Waals surface area contributed by atoms with Crippen LogP contribution in [-0.2, 0) is 11.4 Å². The summed E-state index contributed by atoms with van der Waals surface area (Å²) in [5.41, 5.74) is 2.62. The average molecular weight is 370 g/mol. The number of aromatic nitrogens is 1. The molecular weight excluding hydrogens is 344 g/mol. The Morgan fingerprint density at radius 1 is 1.37 bits per heavy atom. The highest BCUT2D eigenvalue weighted by atomic mass is 16.5. The third-order valence-corrected chi connectivity index (χ3v) is 4.87. The monoisotopic (exact) mass is 370 g/mol. The van der Waals surface area contributed by atoms with Crippen molar-refractivity contribution in [3.05, 3.63) is 46.9 Å². The van der Waals surface area contributed by atoms with Crippen LogP contribution in [0, 0.1) is 19.8 Å². The molecule has 1 aromatic heterocycles. The molecule has 144 valence electrons. The number of benzene rings is 1. The first-order chi connectivity index (χ1) is 13.0. The molecule has 6 heteroatoms. The second-order valence-corrected chi connectivity index (χ2v) is 6.97. The molecule has 1 aliphatic rings. The lowest BCUT2D eigenvalue weighted by Gasteiger charge is -2.12. The standard InChI is InChI=1S/C21H26N2O4/c1-13(17-7-8-17)22-21(24)10-6-16-5-9-19(20(11-16)25-4)26-12-18-14(2)23-27-15(18)3/h5-6,9-11,13,17H,7-8,12H2,1-4H3,(H,22,24)/b10-6+/t13-/m1/s1. The Labute approximate surface area is 159 Å². The molecule has 0 radical (unpaired) electrons. The lowest BCUT2D eigenvalue weighted by atomic mass is 10.1. The molecule has 2 aromatic rings. The third-order valence-electron chi connectivity index (χ3n) is 4.87. The zero-order valence-electron chi connectivity index (χ0n) is 16.2. The van der Waals surface area contributed by atoms with Gasteiger partial charge in [0, 0.05) is 12.1 Å². The van der Waals surface area contributed by atoms with E-state index in [0.717, 1.165) is 22.6 Å². The first-order valence-corrected chi connectivity index (χ1v) is 9.19. The molecular formula is C21H26N2O4. The number of nitrogens with zero attached hydrogens (tertiary/aromatic N) is 1. The largest absolute Gasteiger partial charge is 0.493 e. The number of carbonyl (C=O) groups is 1. The first-order valence-electron chi connectivity index (χ1n) is 9.19. The molecule has 1 fully saturated rings. The summed E-state index contributed by atoms with van der Waals surface area (Å²) in [6, 6.07) is 5.80. The smallest absolute Gasteiger partial charge is 0.244 e. The van der Waals surface area contributed by atoms with E-state index in [4.69, 9.17) is 14.0 Å². The van der Waals surface area contributed by atoms with Gasteiger partial charge in [-0.25, -0.2) is 0 Å². The highest BCUT2D eigenvalue weighted by Gasteiger charge is 2.28. The minimum absolute atomic E-state index is 0.0768. The average Bonchev–Trinajstić information content (AvgIpc) is 3.46. The van der Waals surface area contributed by atoms with E-state index < -0.39 is 0 Å². The Morgan fingerprint density at radius 3 is 2.78 bits per heavy atom. The van der Waals surface area contributed by atoms with E-state index in [-0.39, 0.29) is 11.9 Å². The van der Waals surface area contributed by atoms with Crippen molar-refractivity contribution in [2.45, 2.75) is 46.3 Å². The first kappa shape index (κ1) is 19.0. The second kappa shape index (κ2) is 8.29. The summed E-state index contributed by atoms with van der Waals surface area (Å²) in [5, 5.41) is 6.93. The summed E-state index contributed by atoms with van der Waals surface area (Å²) in [7, 11) is 1.59. The van der Waals surface area contributed by atoms with Crippen molar-refractivity contribution in [2.75, 3.05) is 7.11 Å². The number of ether oxygens (including phenoxy) is 2. The SMILES string of the molecule is COc1cc(/C=C/C(=O)N[C@H](C)C2CC2)ccc1OCc1c(C)noc1C. The van der Waals surface area contributed by atoms with Crippen LogP contribution in [0.1, 0.15) is 42.3 Å². The fourth-order valence-electron chi connectivity index (χ4n) is 2.92. The van der Waals surface area contributed by atoms with Crippen LogP contribution < -0.4 is 14.8 Å². The van der Waals surface area contributed by atoms with Gasteiger partial charge in [0.1, 0.15) is 12.4 Å². The Morgan fingerprint density at radius 2 is 2.15 bits per heavy atom. The zero-order valence-corrected chi connectivity index (χ0v) is 16.2. The lowest BCUT2D eigenvalue weighted by Crippen LogP contribution is -2.32. The Hall–Kier alpha value is -2.76. The van der Waals surface area contributed by atoms with Gasteiger partial charge in [0.15, 0.2) is 11.5 Å². The number of methoxy groups -OCH3 is 1. The topological polar surface area (TPSA) is 73.6 Å². The number of hydrogen-bond acceptors (Lipinski definition) is 5. The summed E-state index contributed by atoms with van der Waals surface area (Å²) in [6.07, 6.45) is 5.74. The van der Waals surface area contributed by atoms with E-state index in [1.807, 2.05) is 32.0 Å². The van der Waals surface area contributed by atoms with E-state index in [1.165, 1.54) is 12.8 Å². The molecule has 1 N–H and O–H groups in total. The van der Waals surface area contributed by atoms with E-state index in [2.05, 4.69) is 17.4 Å². The van der Waals surface area contributed by atoms with Gasteiger partial charge in [-0.2, -0.15) is 0 Å². The van der Waals surface area contributed by atoms with Crippen molar-refractivity contribution >= 4 is 12.0 Å². The van der Waals surface area contributed by atoms with Gasteiger partial charge in [0.25, 0.3) is 0 Å². The van der Waals surface area contributed by atoms with Crippen LogP contribution in [-0.4, -0.2) is 24.2 Å². The zero-order chi connectivity index (χ0) is 19.4. The van der Waals surface area contributed by atoms with Gasteiger partial charge in [-0.3, -0.25) is 4.79 Å².